The first-order valence-electron chi connectivity index (χ1n) is 15.9. The van der Waals surface area contributed by atoms with Crippen molar-refractivity contribution in [3.8, 4) is 0 Å². The summed E-state index contributed by atoms with van der Waals surface area (Å²) in [6.07, 6.45) is 14.0. The quantitative estimate of drug-likeness (QED) is 0.136. The highest BCUT2D eigenvalue weighted by Crippen LogP contribution is 2.40. The van der Waals surface area contributed by atoms with E-state index in [1.165, 1.54) is 80.3 Å². The van der Waals surface area contributed by atoms with E-state index in [9.17, 15) is 9.59 Å². The van der Waals surface area contributed by atoms with Crippen molar-refractivity contribution in [1.82, 2.24) is 5.43 Å². The second-order valence-electron chi connectivity index (χ2n) is 11.3. The molecule has 1 aliphatic heterocycles. The lowest BCUT2D eigenvalue weighted by molar-refractivity contribution is -0.117. The number of hydrazine groups is 1. The van der Waals surface area contributed by atoms with E-state index in [1.807, 2.05) is 30.3 Å². The molecule has 1 atom stereocenters. The lowest BCUT2D eigenvalue weighted by atomic mass is 10.1. The molecular weight excluding hydrogens is 682 g/mol. The number of thioether (sulfide) groups is 1. The van der Waals surface area contributed by atoms with Crippen molar-refractivity contribution in [3.05, 3.63) is 80.8 Å². The minimum absolute atomic E-state index is 0.0540. The fourth-order valence-electron chi connectivity index (χ4n) is 5.18. The molecule has 0 aliphatic carbocycles. The van der Waals surface area contributed by atoms with Gasteiger partial charge in [-0.25, -0.2) is 10.0 Å². The van der Waals surface area contributed by atoms with Gasteiger partial charge in [0.1, 0.15) is 16.8 Å². The molecule has 0 radical (unpaired) electrons. The van der Waals surface area contributed by atoms with Gasteiger partial charge in [0.2, 0.25) is 5.91 Å². The molecule has 1 heterocycles. The predicted octanol–water partition coefficient (Wildman–Crippen LogP) is 11.7. The summed E-state index contributed by atoms with van der Waals surface area (Å²) in [6, 6.07) is 17.7. The molecule has 1 aliphatic rings. The molecule has 2 N–H and O–H groups in total. The molecule has 0 aromatic heterocycles. The molecule has 3 aromatic rings. The maximum atomic E-state index is 13.8. The van der Waals surface area contributed by atoms with Crippen LogP contribution in [-0.2, 0) is 9.59 Å². The second-order valence-corrected chi connectivity index (χ2v) is 14.1. The molecule has 1 saturated heterocycles. The van der Waals surface area contributed by atoms with Crippen LogP contribution in [0, 0.1) is 0 Å². The van der Waals surface area contributed by atoms with E-state index < -0.39 is 5.25 Å². The van der Waals surface area contributed by atoms with Gasteiger partial charge in [0.15, 0.2) is 0 Å². The molecular formula is C35H40Cl4N4O2S. The molecule has 0 spiro atoms. The van der Waals surface area contributed by atoms with Crippen LogP contribution >= 0.6 is 58.2 Å². The first kappa shape index (κ1) is 36.4. The van der Waals surface area contributed by atoms with Gasteiger partial charge in [0.25, 0.3) is 5.91 Å². The number of anilines is 2. The zero-order chi connectivity index (χ0) is 32.9. The Kier molecular flexibility index (Phi) is 14.9. The molecule has 0 saturated carbocycles. The number of carbonyl (C=O) groups excluding carboxylic acids is 2. The average molecular weight is 723 g/mol. The largest absolute Gasteiger partial charge is 0.326 e. The zero-order valence-corrected chi connectivity index (χ0v) is 29.8. The topological polar surface area (TPSA) is 73.8 Å². The maximum Gasteiger partial charge on any atom is 0.267 e. The smallest absolute Gasteiger partial charge is 0.267 e. The molecule has 4 rings (SSSR count). The summed E-state index contributed by atoms with van der Waals surface area (Å²) < 4.78 is 0. The highest BCUT2D eigenvalue weighted by atomic mass is 35.5. The Morgan fingerprint density at radius 1 is 0.826 bits per heavy atom. The van der Waals surface area contributed by atoms with Crippen molar-refractivity contribution >= 4 is 92.9 Å². The minimum Gasteiger partial charge on any atom is -0.326 e. The van der Waals surface area contributed by atoms with Crippen LogP contribution in [0.2, 0.25) is 20.1 Å². The molecule has 3 aromatic carbocycles. The predicted molar refractivity (Wildman–Crippen MR) is 196 cm³/mol. The van der Waals surface area contributed by atoms with Crippen LogP contribution in [0.1, 0.15) is 84.0 Å². The Balaban J connectivity index is 1.40. The standard InChI is InChI=1S/C35H40Cl4N4O2S/c1-2-3-4-5-6-7-8-9-10-11-15-18-31(44)40-25-19-20-27(37)30(23-25)41-34-33(46-26-16-13-12-14-17-26)35(45)43(42-34)32-28(38)21-24(36)22-29(32)39/h12-14,16-17,19-23,33H,2-11,15,18H2,1H3,(H,40,44)(H,41,42). The molecule has 246 valence electrons. The van der Waals surface area contributed by atoms with E-state index in [0.29, 0.717) is 33.7 Å². The molecule has 11 heteroatoms. The Bertz CT molecular complexity index is 1480. The van der Waals surface area contributed by atoms with Gasteiger partial charge in [-0.05, 0) is 48.9 Å². The van der Waals surface area contributed by atoms with E-state index in [0.717, 1.165) is 24.2 Å². The van der Waals surface area contributed by atoms with Crippen LogP contribution in [-0.4, -0.2) is 22.9 Å². The van der Waals surface area contributed by atoms with E-state index in [1.54, 1.807) is 18.2 Å². The first-order chi connectivity index (χ1) is 22.3. The van der Waals surface area contributed by atoms with Crippen LogP contribution in [0.4, 0.5) is 17.1 Å². The van der Waals surface area contributed by atoms with Gasteiger partial charge in [-0.2, -0.15) is 0 Å². The van der Waals surface area contributed by atoms with Gasteiger partial charge >= 0.3 is 0 Å². The number of amidine groups is 1. The number of halogens is 4. The number of benzene rings is 3. The Hall–Kier alpha value is -2.42. The SMILES string of the molecule is CCCCCCCCCCCCCC(=O)Nc1ccc(Cl)c(N=C2NN(c3c(Cl)cc(Cl)cc3Cl)C(=O)C2Sc2ccccc2)c1. The average Bonchev–Trinajstić information content (AvgIpc) is 3.31. The molecule has 0 bridgehead atoms. The molecule has 1 unspecified atom stereocenters. The van der Waals surface area contributed by atoms with Crippen molar-refractivity contribution in [1.29, 1.82) is 0 Å². The van der Waals surface area contributed by atoms with Crippen molar-refractivity contribution in [2.45, 2.75) is 94.1 Å². The molecule has 6 nitrogen and oxygen atoms in total. The summed E-state index contributed by atoms with van der Waals surface area (Å²) in [5, 5.41) is 4.65. The Morgan fingerprint density at radius 3 is 2.07 bits per heavy atom. The lowest BCUT2D eigenvalue weighted by Crippen LogP contribution is -2.36. The summed E-state index contributed by atoms with van der Waals surface area (Å²) in [5.74, 6) is -0.0275. The summed E-state index contributed by atoms with van der Waals surface area (Å²) in [4.78, 5) is 32.1. The van der Waals surface area contributed by atoms with E-state index >= 15 is 0 Å². The number of hydrogen-bond donors (Lipinski definition) is 2. The third kappa shape index (κ3) is 10.8. The number of carbonyl (C=O) groups is 2. The highest BCUT2D eigenvalue weighted by Gasteiger charge is 2.41. The number of unbranched alkanes of at least 4 members (excludes halogenated alkanes) is 10. The van der Waals surface area contributed by atoms with Crippen molar-refractivity contribution in [2.75, 3.05) is 10.3 Å². The van der Waals surface area contributed by atoms with E-state index in [2.05, 4.69) is 17.7 Å². The molecule has 2 amide bonds. The lowest BCUT2D eigenvalue weighted by Gasteiger charge is -2.19. The summed E-state index contributed by atoms with van der Waals surface area (Å²) >= 11 is 26.9. The monoisotopic (exact) mass is 720 g/mol. The zero-order valence-electron chi connectivity index (χ0n) is 26.0. The second kappa shape index (κ2) is 18.8. The molecule has 46 heavy (non-hydrogen) atoms. The number of hydrogen-bond acceptors (Lipinski definition) is 4. The third-order valence-electron chi connectivity index (χ3n) is 7.60. The third-order valence-corrected chi connectivity index (χ3v) is 9.92. The number of rotatable bonds is 17. The van der Waals surface area contributed by atoms with Gasteiger partial charge in [-0.3, -0.25) is 15.0 Å². The summed E-state index contributed by atoms with van der Waals surface area (Å²) in [7, 11) is 0. The van der Waals surface area contributed by atoms with Crippen LogP contribution in [0.15, 0.2) is 70.6 Å². The fourth-order valence-corrected chi connectivity index (χ4v) is 7.34. The van der Waals surface area contributed by atoms with Crippen LogP contribution in [0.3, 0.4) is 0 Å². The number of aliphatic imine (C=N–C) groups is 1. The van der Waals surface area contributed by atoms with Gasteiger partial charge < -0.3 is 5.32 Å². The fraction of sp³-hybridized carbons (Fsp3) is 0.400. The van der Waals surface area contributed by atoms with Crippen molar-refractivity contribution < 1.29 is 9.59 Å². The van der Waals surface area contributed by atoms with E-state index in [4.69, 9.17) is 51.4 Å². The van der Waals surface area contributed by atoms with Crippen molar-refractivity contribution in [3.63, 3.8) is 0 Å². The van der Waals surface area contributed by atoms with Gasteiger partial charge in [0.05, 0.1) is 20.8 Å². The number of nitrogens with one attached hydrogen (secondary N) is 2. The minimum atomic E-state index is -0.749. The van der Waals surface area contributed by atoms with Gasteiger partial charge in [-0.15, -0.1) is 11.8 Å². The normalized spacial score (nSPS) is 15.4. The Labute approximate surface area is 296 Å². The highest BCUT2D eigenvalue weighted by molar-refractivity contribution is 8.01. The summed E-state index contributed by atoms with van der Waals surface area (Å²) in [5.41, 5.74) is 4.34. The van der Waals surface area contributed by atoms with Gasteiger partial charge in [-0.1, -0.05) is 136 Å². The van der Waals surface area contributed by atoms with Crippen LogP contribution in [0.5, 0.6) is 0 Å². The van der Waals surface area contributed by atoms with Crippen molar-refractivity contribution in [2.24, 2.45) is 4.99 Å². The number of amides is 2. The van der Waals surface area contributed by atoms with Crippen LogP contribution < -0.4 is 15.8 Å². The number of nitrogens with zero attached hydrogens (tertiary/aromatic N) is 2. The van der Waals surface area contributed by atoms with Gasteiger partial charge in [0, 0.05) is 22.0 Å². The Morgan fingerprint density at radius 2 is 1.43 bits per heavy atom. The van der Waals surface area contributed by atoms with E-state index in [-0.39, 0.29) is 27.5 Å². The maximum absolute atomic E-state index is 13.8. The van der Waals surface area contributed by atoms with Crippen LogP contribution in [0.25, 0.3) is 0 Å². The summed E-state index contributed by atoms with van der Waals surface area (Å²) in [6.45, 7) is 2.24. The first-order valence-corrected chi connectivity index (χ1v) is 18.3. The molecule has 1 fully saturated rings.